The van der Waals surface area contributed by atoms with Crippen molar-refractivity contribution < 1.29 is 14.3 Å². The van der Waals surface area contributed by atoms with E-state index in [1.54, 1.807) is 24.3 Å². The number of carbonyl (C=O) groups is 2. The lowest BCUT2D eigenvalue weighted by Crippen LogP contribution is -2.22. The normalized spacial score (nSPS) is 12.2. The van der Waals surface area contributed by atoms with Gasteiger partial charge in [0.1, 0.15) is 4.83 Å². The number of nitrogens with zero attached hydrogens (tertiary/aromatic N) is 1. The van der Waals surface area contributed by atoms with Crippen molar-refractivity contribution >= 4 is 56.8 Å². The van der Waals surface area contributed by atoms with Crippen LogP contribution in [0.4, 0.5) is 0 Å². The number of halogens is 1. The predicted molar refractivity (Wildman–Crippen MR) is 96.0 cm³/mol. The molecule has 0 saturated carbocycles. The highest BCUT2D eigenvalue weighted by atomic mass is 35.5. The monoisotopic (exact) mass is 380 g/mol. The van der Waals surface area contributed by atoms with Crippen molar-refractivity contribution in [3.63, 3.8) is 0 Å². The second kappa shape index (κ2) is 7.38. The summed E-state index contributed by atoms with van der Waals surface area (Å²) in [5.74, 6) is -0.606. The molecule has 1 aromatic carbocycles. The molecule has 0 radical (unpaired) electrons. The Morgan fingerprint density at radius 3 is 2.75 bits per heavy atom. The third-order valence-corrected chi connectivity index (χ3v) is 5.48. The van der Waals surface area contributed by atoms with Crippen LogP contribution < -0.4 is 0 Å². The highest BCUT2D eigenvalue weighted by Crippen LogP contribution is 2.30. The number of hydrogen-bond donors (Lipinski definition) is 1. The number of aromatic amines is 1. The number of methoxy groups -OCH3 is 1. The summed E-state index contributed by atoms with van der Waals surface area (Å²) in [4.78, 5) is 32.9. The van der Waals surface area contributed by atoms with Crippen molar-refractivity contribution in [3.05, 3.63) is 46.3 Å². The number of carbonyl (C=O) groups excluding carboxylic acids is 2. The Morgan fingerprint density at radius 1 is 1.33 bits per heavy atom. The van der Waals surface area contributed by atoms with Gasteiger partial charge in [0.25, 0.3) is 0 Å². The van der Waals surface area contributed by atoms with Crippen LogP contribution in [-0.4, -0.2) is 34.1 Å². The first-order valence-corrected chi connectivity index (χ1v) is 9.17. The van der Waals surface area contributed by atoms with E-state index in [0.717, 1.165) is 10.3 Å². The second-order valence-corrected chi connectivity index (χ2v) is 7.46. The SMILES string of the molecule is COC(=O)CC(Sc1nc2sccc2[nH]1)C(=O)c1ccc(Cl)cc1. The fourth-order valence-corrected chi connectivity index (χ4v) is 4.08. The second-order valence-electron chi connectivity index (χ2n) is 4.94. The Balaban J connectivity index is 1.84. The Bertz CT molecular complexity index is 844. The maximum atomic E-state index is 12.8. The highest BCUT2D eigenvalue weighted by Gasteiger charge is 2.26. The van der Waals surface area contributed by atoms with Crippen molar-refractivity contribution in [2.75, 3.05) is 7.11 Å². The molecule has 0 aliphatic rings. The number of thioether (sulfide) groups is 1. The molecule has 1 N–H and O–H groups in total. The van der Waals surface area contributed by atoms with E-state index in [9.17, 15) is 9.59 Å². The summed E-state index contributed by atoms with van der Waals surface area (Å²) in [7, 11) is 1.31. The molecule has 3 rings (SSSR count). The number of hydrogen-bond acceptors (Lipinski definition) is 6. The summed E-state index contributed by atoms with van der Waals surface area (Å²) in [6, 6.07) is 8.52. The summed E-state index contributed by atoms with van der Waals surface area (Å²) in [5, 5.41) is 2.47. The van der Waals surface area contributed by atoms with Crippen molar-refractivity contribution in [2.45, 2.75) is 16.8 Å². The first kappa shape index (κ1) is 17.0. The summed E-state index contributed by atoms with van der Waals surface area (Å²) >= 11 is 8.60. The van der Waals surface area contributed by atoms with Gasteiger partial charge in [0.15, 0.2) is 10.9 Å². The molecule has 0 fully saturated rings. The summed E-state index contributed by atoms with van der Waals surface area (Å²) in [6.07, 6.45) is -0.0308. The van der Waals surface area contributed by atoms with Crippen LogP contribution in [0.3, 0.4) is 0 Å². The standard InChI is InChI=1S/C16H13ClN2O3S2/c1-22-13(20)8-12(14(21)9-2-4-10(17)5-3-9)24-16-18-11-6-7-23-15(11)19-16/h2-7,12H,8H2,1H3,(H,18,19). The fourth-order valence-electron chi connectivity index (χ4n) is 2.13. The molecule has 5 nitrogen and oxygen atoms in total. The van der Waals surface area contributed by atoms with Gasteiger partial charge in [0.2, 0.25) is 0 Å². The highest BCUT2D eigenvalue weighted by molar-refractivity contribution is 8.00. The number of H-pyrrole nitrogens is 1. The van der Waals surface area contributed by atoms with Crippen LogP contribution in [-0.2, 0) is 9.53 Å². The van der Waals surface area contributed by atoms with Crippen LogP contribution in [0.5, 0.6) is 0 Å². The number of imidazole rings is 1. The Hall–Kier alpha value is -1.83. The molecule has 1 atom stereocenters. The minimum atomic E-state index is -0.626. The average molecular weight is 381 g/mol. The lowest BCUT2D eigenvalue weighted by Gasteiger charge is -2.13. The molecule has 0 bridgehead atoms. The molecule has 0 aliphatic carbocycles. The fraction of sp³-hybridized carbons (Fsp3) is 0.188. The predicted octanol–water partition coefficient (Wildman–Crippen LogP) is 4.18. The van der Waals surface area contributed by atoms with Gasteiger partial charge in [-0.25, -0.2) is 4.98 Å². The van der Waals surface area contributed by atoms with Gasteiger partial charge in [-0.1, -0.05) is 23.4 Å². The number of thiophene rings is 1. The molecule has 0 aliphatic heterocycles. The third kappa shape index (κ3) is 3.80. The number of rotatable bonds is 6. The molecule has 8 heteroatoms. The number of fused-ring (bicyclic) bond motifs is 1. The van der Waals surface area contributed by atoms with E-state index in [-0.39, 0.29) is 12.2 Å². The van der Waals surface area contributed by atoms with Crippen LogP contribution in [0.15, 0.2) is 40.9 Å². The molecular formula is C16H13ClN2O3S2. The van der Waals surface area contributed by atoms with Gasteiger partial charge < -0.3 is 9.72 Å². The smallest absolute Gasteiger partial charge is 0.307 e. The van der Waals surface area contributed by atoms with Crippen LogP contribution >= 0.6 is 34.7 Å². The zero-order valence-electron chi connectivity index (χ0n) is 12.6. The molecule has 124 valence electrons. The number of nitrogens with one attached hydrogen (secondary N) is 1. The largest absolute Gasteiger partial charge is 0.469 e. The third-order valence-electron chi connectivity index (χ3n) is 3.34. The van der Waals surface area contributed by atoms with Gasteiger partial charge >= 0.3 is 5.97 Å². The maximum absolute atomic E-state index is 12.8. The lowest BCUT2D eigenvalue weighted by molar-refractivity contribution is -0.140. The van der Waals surface area contributed by atoms with Crippen LogP contribution in [0.25, 0.3) is 10.3 Å². The number of ether oxygens (including phenoxy) is 1. The average Bonchev–Trinajstić information content (AvgIpc) is 3.15. The summed E-state index contributed by atoms with van der Waals surface area (Å²) < 4.78 is 4.71. The number of benzene rings is 1. The van der Waals surface area contributed by atoms with E-state index in [1.807, 2.05) is 11.4 Å². The molecule has 2 aromatic heterocycles. The van der Waals surface area contributed by atoms with E-state index in [2.05, 4.69) is 9.97 Å². The molecule has 24 heavy (non-hydrogen) atoms. The van der Waals surface area contributed by atoms with Gasteiger partial charge in [0.05, 0.1) is 24.3 Å². The van der Waals surface area contributed by atoms with Gasteiger partial charge in [-0.05, 0) is 35.7 Å². The van der Waals surface area contributed by atoms with E-state index < -0.39 is 11.2 Å². The molecule has 2 heterocycles. The van der Waals surface area contributed by atoms with E-state index >= 15 is 0 Å². The Kier molecular flexibility index (Phi) is 5.23. The van der Waals surface area contributed by atoms with E-state index in [0.29, 0.717) is 15.7 Å². The van der Waals surface area contributed by atoms with Gasteiger partial charge in [0, 0.05) is 10.6 Å². The Morgan fingerprint density at radius 2 is 2.08 bits per heavy atom. The maximum Gasteiger partial charge on any atom is 0.307 e. The topological polar surface area (TPSA) is 72.0 Å². The lowest BCUT2D eigenvalue weighted by atomic mass is 10.1. The van der Waals surface area contributed by atoms with Gasteiger partial charge in [-0.2, -0.15) is 0 Å². The van der Waals surface area contributed by atoms with Crippen molar-refractivity contribution in [1.29, 1.82) is 0 Å². The molecule has 0 spiro atoms. The van der Waals surface area contributed by atoms with Crippen molar-refractivity contribution in [3.8, 4) is 0 Å². The summed E-state index contributed by atoms with van der Waals surface area (Å²) in [6.45, 7) is 0. The number of ketones is 1. The van der Waals surface area contributed by atoms with Crippen LogP contribution in [0.2, 0.25) is 5.02 Å². The van der Waals surface area contributed by atoms with Crippen LogP contribution in [0.1, 0.15) is 16.8 Å². The number of aromatic nitrogens is 2. The molecule has 1 unspecified atom stereocenters. The number of esters is 1. The quantitative estimate of drug-likeness (QED) is 0.394. The first-order valence-electron chi connectivity index (χ1n) is 7.03. The van der Waals surface area contributed by atoms with Gasteiger partial charge in [-0.3, -0.25) is 9.59 Å². The zero-order chi connectivity index (χ0) is 17.1. The summed E-state index contributed by atoms with van der Waals surface area (Å²) in [5.41, 5.74) is 1.41. The minimum Gasteiger partial charge on any atom is -0.469 e. The molecule has 3 aromatic rings. The zero-order valence-corrected chi connectivity index (χ0v) is 15.0. The Labute approximate surface area is 151 Å². The first-order chi connectivity index (χ1) is 11.6. The van der Waals surface area contributed by atoms with E-state index in [4.69, 9.17) is 16.3 Å². The molecule has 0 saturated heterocycles. The van der Waals surface area contributed by atoms with E-state index in [1.165, 1.54) is 30.2 Å². The molecular weight excluding hydrogens is 368 g/mol. The van der Waals surface area contributed by atoms with Crippen molar-refractivity contribution in [1.82, 2.24) is 9.97 Å². The number of Topliss-reactive ketones (excluding diaryl/α,β-unsaturated/α-hetero) is 1. The molecule has 0 amide bonds. The van der Waals surface area contributed by atoms with Crippen molar-refractivity contribution in [2.24, 2.45) is 0 Å². The van der Waals surface area contributed by atoms with Gasteiger partial charge in [-0.15, -0.1) is 11.3 Å². The minimum absolute atomic E-state index is 0.0308. The van der Waals surface area contributed by atoms with Crippen LogP contribution in [0, 0.1) is 0 Å².